The van der Waals surface area contributed by atoms with E-state index in [9.17, 15) is 9.59 Å². The molecule has 2 aromatic carbocycles. The molecule has 0 saturated heterocycles. The predicted octanol–water partition coefficient (Wildman–Crippen LogP) is 3.60. The average molecular weight is 496 g/mol. The molecule has 0 fully saturated rings. The smallest absolute Gasteiger partial charge is 0.331 e. The van der Waals surface area contributed by atoms with Gasteiger partial charge in [0.15, 0.2) is 0 Å². The normalized spacial score (nSPS) is 15.7. The Morgan fingerprint density at radius 3 is 2.59 bits per heavy atom. The summed E-state index contributed by atoms with van der Waals surface area (Å²) in [7, 11) is 4.84. The minimum Gasteiger partial charge on any atom is -0.497 e. The molecular formula is C24H22BrN3O4. The van der Waals surface area contributed by atoms with Crippen molar-refractivity contribution in [3.8, 4) is 17.0 Å². The van der Waals surface area contributed by atoms with Gasteiger partial charge in [0.2, 0.25) is 0 Å². The number of benzene rings is 2. The fourth-order valence-corrected chi connectivity index (χ4v) is 4.97. The molecule has 0 unspecified atom stereocenters. The van der Waals surface area contributed by atoms with Crippen LogP contribution < -0.4 is 16.0 Å². The summed E-state index contributed by atoms with van der Waals surface area (Å²) in [5.41, 5.74) is 3.31. The van der Waals surface area contributed by atoms with E-state index in [0.29, 0.717) is 24.1 Å². The van der Waals surface area contributed by atoms with Crippen LogP contribution in [0.2, 0.25) is 0 Å². The van der Waals surface area contributed by atoms with Crippen LogP contribution in [0.5, 0.6) is 5.75 Å². The zero-order valence-electron chi connectivity index (χ0n) is 18.0. The van der Waals surface area contributed by atoms with Crippen molar-refractivity contribution in [2.45, 2.75) is 12.6 Å². The zero-order valence-corrected chi connectivity index (χ0v) is 19.5. The Morgan fingerprint density at radius 2 is 1.84 bits per heavy atom. The van der Waals surface area contributed by atoms with E-state index in [2.05, 4.69) is 20.5 Å². The molecule has 0 N–H and O–H groups in total. The highest BCUT2D eigenvalue weighted by Gasteiger charge is 2.33. The summed E-state index contributed by atoms with van der Waals surface area (Å²) in [5, 5.41) is 0.515. The summed E-state index contributed by atoms with van der Waals surface area (Å²) < 4.78 is 17.4. The van der Waals surface area contributed by atoms with Crippen molar-refractivity contribution in [3.05, 3.63) is 85.1 Å². The molecule has 32 heavy (non-hydrogen) atoms. The molecule has 8 heteroatoms. The van der Waals surface area contributed by atoms with E-state index < -0.39 is 6.10 Å². The lowest BCUT2D eigenvalue weighted by Crippen LogP contribution is -2.37. The van der Waals surface area contributed by atoms with Crippen molar-refractivity contribution in [1.82, 2.24) is 13.7 Å². The maximum atomic E-state index is 13.4. The fraction of sp³-hybridized carbons (Fsp3) is 0.250. The summed E-state index contributed by atoms with van der Waals surface area (Å²) in [4.78, 5) is 26.3. The summed E-state index contributed by atoms with van der Waals surface area (Å²) in [6, 6.07) is 15.5. The predicted molar refractivity (Wildman–Crippen MR) is 126 cm³/mol. The first kappa shape index (κ1) is 20.8. The Hall–Kier alpha value is -3.10. The minimum atomic E-state index is -0.444. The molecule has 0 spiro atoms. The number of hydrogen-bond acceptors (Lipinski definition) is 4. The number of hydrogen-bond donors (Lipinski definition) is 0. The number of rotatable bonds is 3. The van der Waals surface area contributed by atoms with Gasteiger partial charge < -0.3 is 14.0 Å². The molecule has 7 nitrogen and oxygen atoms in total. The van der Waals surface area contributed by atoms with Gasteiger partial charge in [-0.2, -0.15) is 0 Å². The second-order valence-electron chi connectivity index (χ2n) is 7.85. The number of halogens is 1. The van der Waals surface area contributed by atoms with Crippen LogP contribution in [0, 0.1) is 0 Å². The van der Waals surface area contributed by atoms with Crippen LogP contribution in [0.25, 0.3) is 22.2 Å². The van der Waals surface area contributed by atoms with E-state index >= 15 is 0 Å². The highest BCUT2D eigenvalue weighted by atomic mass is 79.9. The lowest BCUT2D eigenvalue weighted by atomic mass is 10.0. The molecule has 0 bridgehead atoms. The molecule has 3 heterocycles. The second kappa shape index (κ2) is 7.79. The molecule has 2 aromatic heterocycles. The van der Waals surface area contributed by atoms with Crippen molar-refractivity contribution in [2.24, 2.45) is 14.1 Å². The Morgan fingerprint density at radius 1 is 1.06 bits per heavy atom. The third-order valence-corrected chi connectivity index (χ3v) is 6.54. The van der Waals surface area contributed by atoms with Gasteiger partial charge in [-0.15, -0.1) is 0 Å². The van der Waals surface area contributed by atoms with Crippen LogP contribution in [0.15, 0.2) is 62.6 Å². The maximum absolute atomic E-state index is 13.4. The van der Waals surface area contributed by atoms with Gasteiger partial charge in [0.05, 0.1) is 36.0 Å². The lowest BCUT2D eigenvalue weighted by Gasteiger charge is -2.28. The van der Waals surface area contributed by atoms with E-state index in [1.807, 2.05) is 48.5 Å². The molecular weight excluding hydrogens is 474 g/mol. The first-order valence-corrected chi connectivity index (χ1v) is 11.0. The highest BCUT2D eigenvalue weighted by molar-refractivity contribution is 9.10. The van der Waals surface area contributed by atoms with Gasteiger partial charge in [-0.25, -0.2) is 4.79 Å². The number of aryl methyl sites for hydroxylation is 1. The summed E-state index contributed by atoms with van der Waals surface area (Å²) in [6.45, 7) is 1.05. The lowest BCUT2D eigenvalue weighted by molar-refractivity contribution is 0.0477. The second-order valence-corrected chi connectivity index (χ2v) is 8.77. The number of methoxy groups -OCH3 is 1. The van der Waals surface area contributed by atoms with Crippen molar-refractivity contribution >= 4 is 26.8 Å². The van der Waals surface area contributed by atoms with Gasteiger partial charge >= 0.3 is 5.69 Å². The molecule has 1 aliphatic rings. The first-order chi connectivity index (χ1) is 15.4. The summed E-state index contributed by atoms with van der Waals surface area (Å²) in [6.07, 6.45) is -0.444. The number of ether oxygens (including phenoxy) is 2. The molecule has 0 amide bonds. The Kier molecular flexibility index (Phi) is 5.06. The third kappa shape index (κ3) is 3.05. The van der Waals surface area contributed by atoms with Gasteiger partial charge in [0.25, 0.3) is 5.56 Å². The van der Waals surface area contributed by atoms with Gasteiger partial charge in [-0.3, -0.25) is 13.9 Å². The van der Waals surface area contributed by atoms with Gasteiger partial charge in [0.1, 0.15) is 11.9 Å². The van der Waals surface area contributed by atoms with Crippen molar-refractivity contribution in [3.63, 3.8) is 0 Å². The Balaban J connectivity index is 1.93. The molecule has 4 aromatic rings. The third-order valence-electron chi connectivity index (χ3n) is 6.05. The largest absolute Gasteiger partial charge is 0.497 e. The Bertz CT molecular complexity index is 1480. The summed E-state index contributed by atoms with van der Waals surface area (Å²) >= 11 is 3.54. The topological polar surface area (TPSA) is 67.4 Å². The number of fused-ring (bicyclic) bond motifs is 3. The van der Waals surface area contributed by atoms with Gasteiger partial charge in [-0.1, -0.05) is 40.2 Å². The molecule has 0 radical (unpaired) electrons. The van der Waals surface area contributed by atoms with Crippen LogP contribution in [-0.2, 0) is 25.4 Å². The summed E-state index contributed by atoms with van der Waals surface area (Å²) in [5.74, 6) is 0.719. The fourth-order valence-electron chi connectivity index (χ4n) is 4.57. The quantitative estimate of drug-likeness (QED) is 0.435. The van der Waals surface area contributed by atoms with E-state index in [1.165, 1.54) is 7.05 Å². The van der Waals surface area contributed by atoms with Crippen LogP contribution in [0.4, 0.5) is 0 Å². The van der Waals surface area contributed by atoms with Crippen molar-refractivity contribution in [2.75, 3.05) is 13.7 Å². The number of aromatic nitrogens is 3. The monoisotopic (exact) mass is 495 g/mol. The first-order valence-electron chi connectivity index (χ1n) is 10.3. The van der Waals surface area contributed by atoms with Gasteiger partial charge in [-0.05, 0) is 29.8 Å². The van der Waals surface area contributed by atoms with E-state index in [-0.39, 0.29) is 11.2 Å². The molecule has 0 aliphatic carbocycles. The SMILES string of the molecule is COc1cccc([C@@H]2OCCn3c(-c4cccc(Br)c4)c4c(=O)n(C)c(=O)n(C)c4c32)c1. The van der Waals surface area contributed by atoms with E-state index in [1.54, 1.807) is 18.7 Å². The van der Waals surface area contributed by atoms with E-state index in [0.717, 1.165) is 37.3 Å². The molecule has 0 saturated carbocycles. The van der Waals surface area contributed by atoms with Crippen LogP contribution in [-0.4, -0.2) is 27.4 Å². The highest BCUT2D eigenvalue weighted by Crippen LogP contribution is 2.41. The van der Waals surface area contributed by atoms with Crippen LogP contribution in [0.1, 0.15) is 17.4 Å². The van der Waals surface area contributed by atoms with Crippen LogP contribution >= 0.6 is 15.9 Å². The Labute approximate surface area is 192 Å². The molecule has 5 rings (SSSR count). The molecule has 1 aliphatic heterocycles. The van der Waals surface area contributed by atoms with Crippen molar-refractivity contribution in [1.29, 1.82) is 0 Å². The van der Waals surface area contributed by atoms with Crippen LogP contribution in [0.3, 0.4) is 0 Å². The molecule has 164 valence electrons. The van der Waals surface area contributed by atoms with Crippen molar-refractivity contribution < 1.29 is 9.47 Å². The zero-order chi connectivity index (χ0) is 22.6. The average Bonchev–Trinajstić information content (AvgIpc) is 3.17. The van der Waals surface area contributed by atoms with E-state index in [4.69, 9.17) is 9.47 Å². The standard InChI is InChI=1S/C24H22BrN3O4/c1-26-20-18(23(29)27(2)24(26)30)19(14-6-4-8-16(25)12-14)28-10-11-32-22(21(20)28)15-7-5-9-17(13-15)31-3/h4-9,12-13,22H,10-11H2,1-3H3/t22-/m0/s1. The van der Waals surface area contributed by atoms with Gasteiger partial charge in [0, 0.05) is 30.7 Å². The molecule has 1 atom stereocenters. The number of nitrogens with zero attached hydrogens (tertiary/aromatic N) is 3. The maximum Gasteiger partial charge on any atom is 0.331 e. The minimum absolute atomic E-state index is 0.315.